The Balaban J connectivity index is 1.44. The van der Waals surface area contributed by atoms with Crippen LogP contribution in [0.2, 0.25) is 0 Å². The fourth-order valence-corrected chi connectivity index (χ4v) is 4.81. The molecule has 1 unspecified atom stereocenters. The number of anilines is 1. The lowest BCUT2D eigenvalue weighted by molar-refractivity contribution is 0.258. The number of rotatable bonds is 5. The second kappa shape index (κ2) is 9.46. The van der Waals surface area contributed by atoms with E-state index < -0.39 is 0 Å². The Morgan fingerprint density at radius 2 is 1.89 bits per heavy atom. The van der Waals surface area contributed by atoms with Crippen molar-refractivity contribution in [3.8, 4) is 22.8 Å². The summed E-state index contributed by atoms with van der Waals surface area (Å²) in [5.41, 5.74) is 3.84. The number of piperidine rings is 1. The predicted octanol–water partition coefficient (Wildman–Crippen LogP) is 3.69. The van der Waals surface area contributed by atoms with Crippen LogP contribution in [0.4, 0.5) is 5.69 Å². The van der Waals surface area contributed by atoms with E-state index >= 15 is 0 Å². The minimum atomic E-state index is -0.241. The zero-order valence-electron chi connectivity index (χ0n) is 20.6. The molecule has 1 fully saturated rings. The Morgan fingerprint density at radius 1 is 1.09 bits per heavy atom. The fourth-order valence-electron chi connectivity index (χ4n) is 4.81. The van der Waals surface area contributed by atoms with Crippen LogP contribution in [0.5, 0.6) is 5.75 Å². The zero-order chi connectivity index (χ0) is 24.5. The smallest absolute Gasteiger partial charge is 0.282 e. The van der Waals surface area contributed by atoms with Gasteiger partial charge in [-0.2, -0.15) is 9.78 Å². The van der Waals surface area contributed by atoms with Crippen molar-refractivity contribution in [2.75, 3.05) is 39.2 Å². The van der Waals surface area contributed by atoms with Crippen LogP contribution in [0.25, 0.3) is 27.8 Å². The van der Waals surface area contributed by atoms with Gasteiger partial charge in [0.25, 0.3) is 11.5 Å². The summed E-state index contributed by atoms with van der Waals surface area (Å²) in [5.74, 6) is 1.10. The number of hydrogen-bond acceptors (Lipinski definition) is 7. The molecule has 1 aliphatic rings. The predicted molar refractivity (Wildman–Crippen MR) is 139 cm³/mol. The third-order valence-corrected chi connectivity index (χ3v) is 6.91. The first-order valence-corrected chi connectivity index (χ1v) is 11.9. The summed E-state index contributed by atoms with van der Waals surface area (Å²) in [6, 6.07) is 12.2. The Kier molecular flexibility index (Phi) is 6.21. The Labute approximate surface area is 204 Å². The van der Waals surface area contributed by atoms with E-state index in [1.807, 2.05) is 43.3 Å². The molecule has 4 aromatic rings. The van der Waals surface area contributed by atoms with Crippen LogP contribution in [0.15, 0.2) is 59.8 Å². The highest BCUT2D eigenvalue weighted by molar-refractivity contribution is 5.87. The van der Waals surface area contributed by atoms with Crippen LogP contribution in [-0.4, -0.2) is 65.0 Å². The van der Waals surface area contributed by atoms with Crippen LogP contribution >= 0.6 is 0 Å². The Hall–Kier alpha value is -3.78. The van der Waals surface area contributed by atoms with Gasteiger partial charge in [-0.05, 0) is 68.8 Å². The molecule has 35 heavy (non-hydrogen) atoms. The number of ether oxygens (including phenoxy) is 1. The summed E-state index contributed by atoms with van der Waals surface area (Å²) in [6.07, 6.45) is 7.59. The lowest BCUT2D eigenvalue weighted by Crippen LogP contribution is -2.45. The highest BCUT2D eigenvalue weighted by atomic mass is 16.5. The SMILES string of the molecule is COc1cccc(-c2ccc3c(=O)n(-c4ncc(N5CCCC(N(C)C)C5)cn4)ncc3c2)c1C. The molecule has 2 aromatic carbocycles. The van der Waals surface area contributed by atoms with Crippen molar-refractivity contribution in [3.05, 3.63) is 70.9 Å². The molecule has 0 N–H and O–H groups in total. The molecule has 0 bridgehead atoms. The molecule has 0 spiro atoms. The van der Waals surface area contributed by atoms with Gasteiger partial charge in [0.1, 0.15) is 5.75 Å². The van der Waals surface area contributed by atoms with Gasteiger partial charge in [0.15, 0.2) is 0 Å². The van der Waals surface area contributed by atoms with Crippen LogP contribution < -0.4 is 15.2 Å². The van der Waals surface area contributed by atoms with Gasteiger partial charge in [-0.25, -0.2) is 9.97 Å². The van der Waals surface area contributed by atoms with Crippen molar-refractivity contribution in [1.82, 2.24) is 24.6 Å². The quantitative estimate of drug-likeness (QED) is 0.440. The van der Waals surface area contributed by atoms with Gasteiger partial charge < -0.3 is 14.5 Å². The third kappa shape index (κ3) is 4.37. The number of benzene rings is 2. The summed E-state index contributed by atoms with van der Waals surface area (Å²) < 4.78 is 6.72. The van der Waals surface area contributed by atoms with E-state index in [9.17, 15) is 4.79 Å². The van der Waals surface area contributed by atoms with E-state index in [1.165, 1.54) is 11.1 Å². The lowest BCUT2D eigenvalue weighted by Gasteiger charge is -2.37. The molecule has 180 valence electrons. The molecular weight excluding hydrogens is 440 g/mol. The second-order valence-corrected chi connectivity index (χ2v) is 9.24. The first kappa shape index (κ1) is 23.0. The minimum Gasteiger partial charge on any atom is -0.496 e. The van der Waals surface area contributed by atoms with Crippen LogP contribution in [0.3, 0.4) is 0 Å². The number of methoxy groups -OCH3 is 1. The molecule has 1 aliphatic heterocycles. The Bertz CT molecular complexity index is 1410. The molecule has 3 heterocycles. The summed E-state index contributed by atoms with van der Waals surface area (Å²) >= 11 is 0. The highest BCUT2D eigenvalue weighted by Gasteiger charge is 2.22. The van der Waals surface area contributed by atoms with Gasteiger partial charge in [0, 0.05) is 24.5 Å². The van der Waals surface area contributed by atoms with Gasteiger partial charge in [0.05, 0.1) is 36.8 Å². The Morgan fingerprint density at radius 3 is 2.63 bits per heavy atom. The van der Waals surface area contributed by atoms with Gasteiger partial charge in [-0.1, -0.05) is 18.2 Å². The fraction of sp³-hybridized carbons (Fsp3) is 0.333. The summed E-state index contributed by atoms with van der Waals surface area (Å²) in [6.45, 7) is 3.95. The average Bonchev–Trinajstić information content (AvgIpc) is 2.89. The molecule has 1 saturated heterocycles. The molecule has 0 amide bonds. The molecule has 5 rings (SSSR count). The van der Waals surface area contributed by atoms with Gasteiger partial charge in [-0.3, -0.25) is 4.79 Å². The van der Waals surface area contributed by atoms with E-state index in [4.69, 9.17) is 4.74 Å². The molecule has 2 aromatic heterocycles. The van der Waals surface area contributed by atoms with Crippen LogP contribution in [-0.2, 0) is 0 Å². The van der Waals surface area contributed by atoms with Gasteiger partial charge >= 0.3 is 0 Å². The standard InChI is InChI=1S/C27H30N6O2/c1-18-23(8-5-9-25(18)35-4)19-10-11-24-20(13-19)14-30-33(26(24)34)27-28-15-22(16-29-27)32-12-6-7-21(17-32)31(2)3/h5,8-11,13-16,21H,6-7,12,17H2,1-4H3. The van der Waals surface area contributed by atoms with E-state index in [0.29, 0.717) is 11.4 Å². The van der Waals surface area contributed by atoms with Gasteiger partial charge in [0.2, 0.25) is 0 Å². The monoisotopic (exact) mass is 470 g/mol. The average molecular weight is 471 g/mol. The topological polar surface area (TPSA) is 76.4 Å². The van der Waals surface area contributed by atoms with E-state index in [0.717, 1.165) is 53.0 Å². The minimum absolute atomic E-state index is 0.241. The summed E-state index contributed by atoms with van der Waals surface area (Å²) in [7, 11) is 5.90. The number of fused-ring (bicyclic) bond motifs is 1. The van der Waals surface area contributed by atoms with E-state index in [-0.39, 0.29) is 11.5 Å². The molecule has 0 aliphatic carbocycles. The van der Waals surface area contributed by atoms with Crippen molar-refractivity contribution in [2.45, 2.75) is 25.8 Å². The largest absolute Gasteiger partial charge is 0.496 e. The van der Waals surface area contributed by atoms with E-state index in [1.54, 1.807) is 25.7 Å². The second-order valence-electron chi connectivity index (χ2n) is 9.24. The number of hydrogen-bond donors (Lipinski definition) is 0. The molecule has 8 nitrogen and oxygen atoms in total. The first-order valence-electron chi connectivity index (χ1n) is 11.9. The maximum atomic E-state index is 13.2. The molecule has 8 heteroatoms. The van der Waals surface area contributed by atoms with Crippen molar-refractivity contribution in [1.29, 1.82) is 0 Å². The number of nitrogens with zero attached hydrogens (tertiary/aromatic N) is 6. The molecule has 0 radical (unpaired) electrons. The summed E-state index contributed by atoms with van der Waals surface area (Å²) in [4.78, 5) is 26.8. The molecular formula is C27H30N6O2. The zero-order valence-corrected chi connectivity index (χ0v) is 20.6. The molecule has 1 atom stereocenters. The van der Waals surface area contributed by atoms with Crippen LogP contribution in [0, 0.1) is 6.92 Å². The van der Waals surface area contributed by atoms with Crippen molar-refractivity contribution in [3.63, 3.8) is 0 Å². The van der Waals surface area contributed by atoms with Crippen molar-refractivity contribution in [2.24, 2.45) is 0 Å². The highest BCUT2D eigenvalue weighted by Crippen LogP contribution is 2.31. The maximum absolute atomic E-state index is 13.2. The number of likely N-dealkylation sites (N-methyl/N-ethyl adjacent to an activating group) is 1. The molecule has 0 saturated carbocycles. The van der Waals surface area contributed by atoms with E-state index in [2.05, 4.69) is 39.0 Å². The van der Waals surface area contributed by atoms with Crippen molar-refractivity contribution >= 4 is 16.5 Å². The maximum Gasteiger partial charge on any atom is 0.282 e. The van der Waals surface area contributed by atoms with Gasteiger partial charge in [-0.15, -0.1) is 0 Å². The normalized spacial score (nSPS) is 16.1. The van der Waals surface area contributed by atoms with Crippen LogP contribution in [0.1, 0.15) is 18.4 Å². The third-order valence-electron chi connectivity index (χ3n) is 6.91. The number of aromatic nitrogens is 4. The van der Waals surface area contributed by atoms with Crippen molar-refractivity contribution < 1.29 is 4.74 Å². The lowest BCUT2D eigenvalue weighted by atomic mass is 9.98. The summed E-state index contributed by atoms with van der Waals surface area (Å²) in [5, 5.41) is 5.72. The first-order chi connectivity index (χ1) is 17.0.